The molecule has 0 unspecified atom stereocenters. The monoisotopic (exact) mass is 599 g/mol. The molecular formula is C14H5Br4NO4S. The zero-order chi connectivity index (χ0) is 17.8. The van der Waals surface area contributed by atoms with Crippen LogP contribution in [0.4, 0.5) is 5.69 Å². The Kier molecular flexibility index (Phi) is 5.05. The molecule has 5 nitrogen and oxygen atoms in total. The minimum atomic E-state index is -2.72. The van der Waals surface area contributed by atoms with Gasteiger partial charge in [0.1, 0.15) is 0 Å². The third kappa shape index (κ3) is 2.72. The molecule has 1 aliphatic heterocycles. The van der Waals surface area contributed by atoms with Crippen LogP contribution in [-0.2, 0) is 10.7 Å². The van der Waals surface area contributed by atoms with Crippen LogP contribution in [0.15, 0.2) is 47.1 Å². The average molecular weight is 603 g/mol. The van der Waals surface area contributed by atoms with Crippen molar-refractivity contribution in [2.45, 2.75) is 4.90 Å². The first-order chi connectivity index (χ1) is 11.3. The van der Waals surface area contributed by atoms with Gasteiger partial charge >= 0.3 is 0 Å². The average Bonchev–Trinajstić information content (AvgIpc) is 2.82. The Hall–Kier alpha value is -0.550. The van der Waals surface area contributed by atoms with Crippen molar-refractivity contribution in [1.29, 1.82) is 0 Å². The Morgan fingerprint density at radius 3 is 1.50 bits per heavy atom. The van der Waals surface area contributed by atoms with E-state index in [9.17, 15) is 18.0 Å². The first-order valence-corrected chi connectivity index (χ1v) is 10.6. The van der Waals surface area contributed by atoms with Gasteiger partial charge in [-0.25, -0.2) is 13.3 Å². The summed E-state index contributed by atoms with van der Waals surface area (Å²) in [5.41, 5.74) is 0.773. The molecule has 1 aliphatic rings. The number of carbonyl (C=O) groups is 2. The van der Waals surface area contributed by atoms with Gasteiger partial charge in [-0.15, -0.1) is 0 Å². The van der Waals surface area contributed by atoms with Gasteiger partial charge in [-0.1, -0.05) is 0 Å². The van der Waals surface area contributed by atoms with Crippen LogP contribution in [0.25, 0.3) is 0 Å². The highest BCUT2D eigenvalue weighted by atomic mass is 79.9. The van der Waals surface area contributed by atoms with E-state index in [1.54, 1.807) is 0 Å². The Bertz CT molecular complexity index is 931. The molecule has 0 saturated heterocycles. The lowest BCUT2D eigenvalue weighted by Gasteiger charge is -2.13. The highest BCUT2D eigenvalue weighted by Gasteiger charge is 2.41. The van der Waals surface area contributed by atoms with Crippen molar-refractivity contribution in [2.24, 2.45) is 0 Å². The summed E-state index contributed by atoms with van der Waals surface area (Å²) < 4.78 is 24.1. The third-order valence-corrected chi connectivity index (χ3v) is 8.91. The van der Waals surface area contributed by atoms with E-state index in [0.717, 1.165) is 4.90 Å². The Morgan fingerprint density at radius 1 is 0.708 bits per heavy atom. The van der Waals surface area contributed by atoms with Crippen molar-refractivity contribution < 1.29 is 18.0 Å². The predicted octanol–water partition coefficient (Wildman–Crippen LogP) is 4.51. The third-order valence-electron chi connectivity index (χ3n) is 3.42. The molecule has 124 valence electrons. The van der Waals surface area contributed by atoms with Gasteiger partial charge < -0.3 is 0 Å². The molecule has 0 atom stereocenters. The molecule has 0 aliphatic carbocycles. The molecule has 2 aromatic carbocycles. The normalized spacial score (nSPS) is 13.8. The fraction of sp³-hybridized carbons (Fsp3) is 0. The molecule has 10 heteroatoms. The largest absolute Gasteiger partial charge is 0.268 e. The van der Waals surface area contributed by atoms with E-state index < -0.39 is 22.5 Å². The maximum Gasteiger partial charge on any atom is 0.267 e. The van der Waals surface area contributed by atoms with E-state index in [1.165, 1.54) is 24.3 Å². The number of hydrogen-bond donors (Lipinski definition) is 1. The lowest BCUT2D eigenvalue weighted by molar-refractivity contribution is 0.0925. The standard InChI is InChI=1S/C14H5Br4NO4S/c15-9-7-8(10(16)12(18)11(9)17)14(21)19(13(7)20)5-1-3-6(4-2-5)24(22)23/h1-4,24H. The molecular weight excluding hydrogens is 598 g/mol. The van der Waals surface area contributed by atoms with Gasteiger partial charge in [-0.2, -0.15) is 0 Å². The number of amides is 2. The van der Waals surface area contributed by atoms with Crippen LogP contribution in [0.1, 0.15) is 20.7 Å². The molecule has 0 spiro atoms. The SMILES string of the molecule is O=C1c2c(Br)c(Br)c(Br)c(Br)c2C(=O)N1c1ccc([SH](=O)=O)cc1. The summed E-state index contributed by atoms with van der Waals surface area (Å²) in [5.74, 6) is -0.981. The Balaban J connectivity index is 2.17. The van der Waals surface area contributed by atoms with Crippen LogP contribution in [0.5, 0.6) is 0 Å². The van der Waals surface area contributed by atoms with Crippen LogP contribution >= 0.6 is 63.7 Å². The van der Waals surface area contributed by atoms with Gasteiger partial charge in [0.25, 0.3) is 11.8 Å². The zero-order valence-corrected chi connectivity index (χ0v) is 18.6. The van der Waals surface area contributed by atoms with Crippen molar-refractivity contribution >= 4 is 91.9 Å². The number of imide groups is 1. The second-order valence-electron chi connectivity index (χ2n) is 4.73. The lowest BCUT2D eigenvalue weighted by atomic mass is 10.1. The lowest BCUT2D eigenvalue weighted by Crippen LogP contribution is -2.29. The molecule has 0 N–H and O–H groups in total. The summed E-state index contributed by atoms with van der Waals surface area (Å²) >= 11 is 13.4. The number of rotatable bonds is 2. The van der Waals surface area contributed by atoms with Crippen LogP contribution in [-0.4, -0.2) is 20.2 Å². The molecule has 0 radical (unpaired) electrons. The summed E-state index contributed by atoms with van der Waals surface area (Å²) in [4.78, 5) is 26.6. The van der Waals surface area contributed by atoms with Crippen molar-refractivity contribution in [3.05, 3.63) is 53.3 Å². The molecule has 24 heavy (non-hydrogen) atoms. The fourth-order valence-electron chi connectivity index (χ4n) is 2.31. The van der Waals surface area contributed by atoms with E-state index >= 15 is 0 Å². The summed E-state index contributed by atoms with van der Waals surface area (Å²) in [6.45, 7) is 0. The summed E-state index contributed by atoms with van der Waals surface area (Å²) in [6, 6.07) is 5.54. The number of halogens is 4. The molecule has 0 fully saturated rings. The maximum absolute atomic E-state index is 12.8. The maximum atomic E-state index is 12.8. The van der Waals surface area contributed by atoms with Gasteiger partial charge in [0, 0.05) is 17.9 Å². The number of nitrogens with zero attached hydrogens (tertiary/aromatic N) is 1. The summed E-state index contributed by atoms with van der Waals surface area (Å²) in [7, 11) is -2.72. The van der Waals surface area contributed by atoms with Gasteiger partial charge in [-0.3, -0.25) is 9.59 Å². The second kappa shape index (κ2) is 6.64. The summed E-state index contributed by atoms with van der Waals surface area (Å²) in [5, 5.41) is 0. The topological polar surface area (TPSA) is 71.5 Å². The number of fused-ring (bicyclic) bond motifs is 1. The van der Waals surface area contributed by atoms with Crippen molar-refractivity contribution in [1.82, 2.24) is 0 Å². The van der Waals surface area contributed by atoms with Gasteiger partial charge in [0.05, 0.1) is 21.7 Å². The highest BCUT2D eigenvalue weighted by Crippen LogP contribution is 2.46. The van der Waals surface area contributed by atoms with Gasteiger partial charge in [-0.05, 0) is 88.0 Å². The molecule has 2 amide bonds. The first kappa shape index (κ1) is 18.2. The van der Waals surface area contributed by atoms with Crippen molar-refractivity contribution in [3.8, 4) is 0 Å². The number of benzene rings is 2. The molecule has 0 bridgehead atoms. The molecule has 3 rings (SSSR count). The number of anilines is 1. The number of hydrogen-bond acceptors (Lipinski definition) is 4. The minimum Gasteiger partial charge on any atom is -0.268 e. The van der Waals surface area contributed by atoms with Crippen molar-refractivity contribution in [3.63, 3.8) is 0 Å². The fourth-order valence-corrected chi connectivity index (χ4v) is 5.16. The van der Waals surface area contributed by atoms with Crippen LogP contribution < -0.4 is 4.90 Å². The minimum absolute atomic E-state index is 0.109. The van der Waals surface area contributed by atoms with Crippen LogP contribution in [0.2, 0.25) is 0 Å². The predicted molar refractivity (Wildman–Crippen MR) is 103 cm³/mol. The molecule has 1 heterocycles. The highest BCUT2D eigenvalue weighted by molar-refractivity contribution is 9.15. The van der Waals surface area contributed by atoms with E-state index in [1.807, 2.05) is 0 Å². The Labute approximate surface area is 171 Å². The second-order valence-corrected chi connectivity index (χ2v) is 8.93. The molecule has 0 saturated carbocycles. The molecule has 0 aromatic heterocycles. The first-order valence-electron chi connectivity index (χ1n) is 6.25. The van der Waals surface area contributed by atoms with E-state index in [-0.39, 0.29) is 16.0 Å². The number of carbonyl (C=O) groups excluding carboxylic acids is 2. The van der Waals surface area contributed by atoms with E-state index in [0.29, 0.717) is 23.6 Å². The smallest absolute Gasteiger partial charge is 0.267 e. The van der Waals surface area contributed by atoms with Gasteiger partial charge in [0.15, 0.2) is 10.7 Å². The van der Waals surface area contributed by atoms with Crippen LogP contribution in [0.3, 0.4) is 0 Å². The number of thiol groups is 1. The quantitative estimate of drug-likeness (QED) is 0.238. The van der Waals surface area contributed by atoms with E-state index in [2.05, 4.69) is 63.7 Å². The van der Waals surface area contributed by atoms with Gasteiger partial charge in [0.2, 0.25) is 0 Å². The molecule has 2 aromatic rings. The Morgan fingerprint density at radius 2 is 1.12 bits per heavy atom. The zero-order valence-electron chi connectivity index (χ0n) is 11.3. The van der Waals surface area contributed by atoms with Crippen LogP contribution in [0, 0.1) is 0 Å². The van der Waals surface area contributed by atoms with E-state index in [4.69, 9.17) is 0 Å². The van der Waals surface area contributed by atoms with Crippen molar-refractivity contribution in [2.75, 3.05) is 4.90 Å². The summed E-state index contributed by atoms with van der Waals surface area (Å²) in [6.07, 6.45) is 0.